The molecule has 2 aromatic carbocycles. The molecule has 3 rings (SSSR count). The van der Waals surface area contributed by atoms with Crippen molar-refractivity contribution in [2.45, 2.75) is 32.5 Å². The summed E-state index contributed by atoms with van der Waals surface area (Å²) in [5.74, 6) is 0. The fraction of sp³-hybridized carbons (Fsp3) is 0.316. The van der Waals surface area contributed by atoms with Gasteiger partial charge in [-0.3, -0.25) is 0 Å². The normalized spacial score (nSPS) is 18.7. The van der Waals surface area contributed by atoms with Crippen molar-refractivity contribution in [3.8, 4) is 11.1 Å². The summed E-state index contributed by atoms with van der Waals surface area (Å²) in [7, 11) is 0. The molecule has 0 spiro atoms. The van der Waals surface area contributed by atoms with E-state index < -0.39 is 23.9 Å². The summed E-state index contributed by atoms with van der Waals surface area (Å²) < 4.78 is 45.1. The average Bonchev–Trinajstić information content (AvgIpc) is 2.76. The fourth-order valence-electron chi connectivity index (χ4n) is 3.49. The highest BCUT2D eigenvalue weighted by Crippen LogP contribution is 2.49. The number of nitrogens with two attached hydrogens (primary N) is 1. The van der Waals surface area contributed by atoms with Crippen molar-refractivity contribution in [1.82, 2.24) is 0 Å². The Labute approximate surface area is 143 Å². The van der Waals surface area contributed by atoms with E-state index >= 15 is 0 Å². The number of hydrogen-bond acceptors (Lipinski definition) is 2. The van der Waals surface area contributed by atoms with Crippen LogP contribution in [0.5, 0.6) is 0 Å². The Kier molecular flexibility index (Phi) is 4.01. The lowest BCUT2D eigenvalue weighted by Crippen LogP contribution is -2.25. The highest BCUT2D eigenvalue weighted by molar-refractivity contribution is 5.70. The van der Waals surface area contributed by atoms with Crippen molar-refractivity contribution in [2.75, 3.05) is 0 Å². The van der Waals surface area contributed by atoms with E-state index in [1.54, 1.807) is 24.3 Å². The Morgan fingerprint density at radius 2 is 1.88 bits per heavy atom. The van der Waals surface area contributed by atoms with Crippen molar-refractivity contribution >= 4 is 6.09 Å². The fourth-order valence-corrected chi connectivity index (χ4v) is 3.49. The van der Waals surface area contributed by atoms with Crippen LogP contribution in [0.3, 0.4) is 0 Å². The smallest absolute Gasteiger partial charge is 0.417 e. The maximum absolute atomic E-state index is 13.3. The van der Waals surface area contributed by atoms with Gasteiger partial charge in [0.15, 0.2) is 0 Å². The molecule has 0 aliphatic heterocycles. The molecule has 6 heteroatoms. The first-order chi connectivity index (χ1) is 11.6. The van der Waals surface area contributed by atoms with E-state index in [0.717, 1.165) is 11.6 Å². The van der Waals surface area contributed by atoms with Crippen LogP contribution in [0.25, 0.3) is 11.1 Å². The van der Waals surface area contributed by atoms with Crippen LogP contribution < -0.4 is 5.73 Å². The number of alkyl halides is 3. The zero-order valence-electron chi connectivity index (χ0n) is 13.9. The molecule has 3 nitrogen and oxygen atoms in total. The number of primary amides is 1. The second-order valence-electron chi connectivity index (χ2n) is 6.94. The molecule has 0 fully saturated rings. The minimum absolute atomic E-state index is 0.0975. The number of benzene rings is 2. The first-order valence-electron chi connectivity index (χ1n) is 7.85. The first-order valence-corrected chi connectivity index (χ1v) is 7.85. The lowest BCUT2D eigenvalue weighted by Gasteiger charge is -2.26. The minimum Gasteiger partial charge on any atom is -0.441 e. The number of ether oxygens (including phenoxy) is 1. The summed E-state index contributed by atoms with van der Waals surface area (Å²) in [6.45, 7) is 3.87. The summed E-state index contributed by atoms with van der Waals surface area (Å²) >= 11 is 0. The van der Waals surface area contributed by atoms with Crippen LogP contribution in [0, 0.1) is 5.41 Å². The van der Waals surface area contributed by atoms with Gasteiger partial charge in [0.1, 0.15) is 6.10 Å². The number of carbonyl (C=O) groups is 1. The molecule has 1 unspecified atom stereocenters. The molecule has 2 N–H and O–H groups in total. The average molecular weight is 349 g/mol. The van der Waals surface area contributed by atoms with Gasteiger partial charge in [-0.2, -0.15) is 13.2 Å². The van der Waals surface area contributed by atoms with Crippen LogP contribution in [0.15, 0.2) is 42.5 Å². The zero-order valence-corrected chi connectivity index (χ0v) is 13.9. The molecular formula is C19H18F3NO2. The second-order valence-corrected chi connectivity index (χ2v) is 6.94. The molecule has 0 aromatic heterocycles. The molecule has 0 heterocycles. The van der Waals surface area contributed by atoms with E-state index in [0.29, 0.717) is 17.5 Å². The summed E-state index contributed by atoms with van der Waals surface area (Å²) in [6.07, 6.45) is -5.27. The highest BCUT2D eigenvalue weighted by Gasteiger charge is 2.42. The van der Waals surface area contributed by atoms with Crippen LogP contribution in [-0.4, -0.2) is 6.09 Å². The van der Waals surface area contributed by atoms with Crippen LogP contribution in [-0.2, 0) is 17.3 Å². The lowest BCUT2D eigenvalue weighted by atomic mass is 9.87. The molecule has 1 aliphatic rings. The van der Waals surface area contributed by atoms with E-state index in [1.165, 1.54) is 12.1 Å². The highest BCUT2D eigenvalue weighted by atomic mass is 19.4. The molecule has 1 amide bonds. The van der Waals surface area contributed by atoms with E-state index in [9.17, 15) is 18.0 Å². The minimum atomic E-state index is -4.45. The van der Waals surface area contributed by atoms with Gasteiger partial charge in [-0.25, -0.2) is 4.79 Å². The second kappa shape index (κ2) is 5.79. The maximum atomic E-state index is 13.3. The number of halogens is 3. The van der Waals surface area contributed by atoms with Gasteiger partial charge in [-0.15, -0.1) is 0 Å². The molecule has 132 valence electrons. The molecule has 2 aromatic rings. The Morgan fingerprint density at radius 1 is 1.20 bits per heavy atom. The van der Waals surface area contributed by atoms with Gasteiger partial charge in [-0.05, 0) is 40.8 Å². The van der Waals surface area contributed by atoms with Gasteiger partial charge in [0, 0.05) is 5.41 Å². The maximum Gasteiger partial charge on any atom is 0.417 e. The number of fused-ring (bicyclic) bond motifs is 1. The largest absolute Gasteiger partial charge is 0.441 e. The Bertz CT molecular complexity index is 828. The van der Waals surface area contributed by atoms with Gasteiger partial charge < -0.3 is 10.5 Å². The van der Waals surface area contributed by atoms with Crippen LogP contribution in [0.1, 0.15) is 36.6 Å². The predicted molar refractivity (Wildman–Crippen MR) is 87.8 cm³/mol. The van der Waals surface area contributed by atoms with E-state index in [4.69, 9.17) is 10.5 Å². The van der Waals surface area contributed by atoms with Gasteiger partial charge in [0.2, 0.25) is 0 Å². The third-order valence-electron chi connectivity index (χ3n) is 4.56. The van der Waals surface area contributed by atoms with Gasteiger partial charge in [0.25, 0.3) is 0 Å². The third-order valence-corrected chi connectivity index (χ3v) is 4.56. The molecule has 0 saturated carbocycles. The van der Waals surface area contributed by atoms with Crippen molar-refractivity contribution in [3.63, 3.8) is 0 Å². The lowest BCUT2D eigenvalue weighted by molar-refractivity contribution is -0.137. The standard InChI is InChI=1S/C19H18F3NO2/c1-18(2)10-12-8-7-11(9-14(12)16(18)25-17(23)24)13-5-3-4-6-15(13)19(20,21)22/h3-9,16H,10H2,1-2H3,(H2,23,24). The SMILES string of the molecule is CC1(C)Cc2ccc(-c3ccccc3C(F)(F)F)cc2C1OC(N)=O. The van der Waals surface area contributed by atoms with Crippen LogP contribution in [0.2, 0.25) is 0 Å². The van der Waals surface area contributed by atoms with E-state index in [2.05, 4.69) is 0 Å². The third kappa shape index (κ3) is 3.21. The number of rotatable bonds is 2. The van der Waals surface area contributed by atoms with Crippen LogP contribution in [0.4, 0.5) is 18.0 Å². The molecule has 0 bridgehead atoms. The molecular weight excluding hydrogens is 331 g/mol. The predicted octanol–water partition coefficient (Wildman–Crippen LogP) is 5.09. The van der Waals surface area contributed by atoms with Crippen molar-refractivity contribution in [1.29, 1.82) is 0 Å². The molecule has 1 atom stereocenters. The van der Waals surface area contributed by atoms with Crippen molar-refractivity contribution in [3.05, 3.63) is 59.2 Å². The number of hydrogen-bond donors (Lipinski definition) is 1. The van der Waals surface area contributed by atoms with Gasteiger partial charge >= 0.3 is 12.3 Å². The number of carbonyl (C=O) groups excluding carboxylic acids is 1. The Balaban J connectivity index is 2.11. The zero-order chi connectivity index (χ0) is 18.4. The molecule has 25 heavy (non-hydrogen) atoms. The number of amides is 1. The summed E-state index contributed by atoms with van der Waals surface area (Å²) in [5, 5.41) is 0. The quantitative estimate of drug-likeness (QED) is 0.821. The topological polar surface area (TPSA) is 52.3 Å². The summed E-state index contributed by atoms with van der Waals surface area (Å²) in [4.78, 5) is 11.2. The van der Waals surface area contributed by atoms with E-state index in [1.807, 2.05) is 13.8 Å². The molecule has 0 saturated heterocycles. The monoisotopic (exact) mass is 349 g/mol. The van der Waals surface area contributed by atoms with Crippen molar-refractivity contribution in [2.24, 2.45) is 11.1 Å². The molecule has 1 aliphatic carbocycles. The van der Waals surface area contributed by atoms with Gasteiger partial charge in [0.05, 0.1) is 5.56 Å². The van der Waals surface area contributed by atoms with Crippen LogP contribution >= 0.6 is 0 Å². The first kappa shape index (κ1) is 17.3. The van der Waals surface area contributed by atoms with E-state index in [-0.39, 0.29) is 11.0 Å². The Morgan fingerprint density at radius 3 is 2.52 bits per heavy atom. The summed E-state index contributed by atoms with van der Waals surface area (Å²) in [6, 6.07) is 10.6. The Hall–Kier alpha value is -2.50. The van der Waals surface area contributed by atoms with Gasteiger partial charge in [-0.1, -0.05) is 44.2 Å². The van der Waals surface area contributed by atoms with Crippen molar-refractivity contribution < 1.29 is 22.7 Å². The summed E-state index contributed by atoms with van der Waals surface area (Å²) in [5.41, 5.74) is 6.29. The molecule has 0 radical (unpaired) electrons.